The normalized spacial score (nSPS) is 24.6. The van der Waals surface area contributed by atoms with Crippen molar-refractivity contribution in [3.8, 4) is 5.88 Å². The molecule has 0 radical (unpaired) electrons. The summed E-state index contributed by atoms with van der Waals surface area (Å²) in [7, 11) is 1.28. The number of aromatic nitrogens is 1. The highest BCUT2D eigenvalue weighted by Gasteiger charge is 2.48. The molecule has 1 saturated carbocycles. The summed E-state index contributed by atoms with van der Waals surface area (Å²) in [6, 6.07) is 0.448. The molecular weight excluding hydrogens is 401 g/mol. The van der Waals surface area contributed by atoms with E-state index in [1.54, 1.807) is 0 Å². The van der Waals surface area contributed by atoms with Crippen molar-refractivity contribution in [1.82, 2.24) is 9.88 Å². The monoisotopic (exact) mass is 420 g/mol. The van der Waals surface area contributed by atoms with Gasteiger partial charge in [0.15, 0.2) is 6.61 Å². The van der Waals surface area contributed by atoms with Crippen LogP contribution in [0.2, 0.25) is 5.02 Å². The number of rotatable bonds is 4. The van der Waals surface area contributed by atoms with Gasteiger partial charge >= 0.3 is 12.1 Å². The minimum Gasteiger partial charge on any atom is -0.467 e. The molecule has 1 saturated heterocycles. The zero-order chi connectivity index (χ0) is 20.5. The van der Waals surface area contributed by atoms with Crippen molar-refractivity contribution in [1.29, 1.82) is 0 Å². The number of pyridine rings is 1. The molecule has 28 heavy (non-hydrogen) atoms. The number of halogens is 4. The molecule has 0 bridgehead atoms. The molecule has 10 heteroatoms. The quantitative estimate of drug-likeness (QED) is 0.696. The second-order valence-corrected chi connectivity index (χ2v) is 7.42. The first-order valence-corrected chi connectivity index (χ1v) is 9.34. The fraction of sp³-hybridized carbons (Fsp3) is 0.611. The van der Waals surface area contributed by atoms with Gasteiger partial charge in [-0.05, 0) is 31.2 Å². The van der Waals surface area contributed by atoms with Crippen LogP contribution >= 0.6 is 11.6 Å². The van der Waals surface area contributed by atoms with Crippen LogP contribution in [0.1, 0.15) is 42.5 Å². The van der Waals surface area contributed by atoms with Crippen molar-refractivity contribution in [2.45, 2.75) is 50.4 Å². The van der Waals surface area contributed by atoms with E-state index in [4.69, 9.17) is 16.3 Å². The molecule has 1 aromatic rings. The molecule has 3 atom stereocenters. The van der Waals surface area contributed by atoms with Gasteiger partial charge < -0.3 is 14.4 Å². The van der Waals surface area contributed by atoms with Crippen LogP contribution in [-0.4, -0.2) is 53.7 Å². The molecule has 6 nitrogen and oxygen atoms in total. The molecule has 3 rings (SSSR count). The number of ether oxygens (including phenoxy) is 2. The molecule has 1 amide bonds. The second-order valence-electron chi connectivity index (χ2n) is 7.01. The Morgan fingerprint density at radius 1 is 1.32 bits per heavy atom. The number of nitrogens with zero attached hydrogens (tertiary/aromatic N) is 2. The third-order valence-electron chi connectivity index (χ3n) is 5.22. The number of likely N-dealkylation sites (tertiary alicyclic amines) is 1. The molecule has 2 fully saturated rings. The van der Waals surface area contributed by atoms with E-state index in [1.807, 2.05) is 0 Å². The Kier molecular flexibility index (Phi) is 6.02. The van der Waals surface area contributed by atoms with Crippen molar-refractivity contribution < 1.29 is 32.2 Å². The molecule has 2 heterocycles. The Morgan fingerprint density at radius 3 is 2.68 bits per heavy atom. The van der Waals surface area contributed by atoms with E-state index in [9.17, 15) is 22.8 Å². The Hall–Kier alpha value is -2.03. The minimum absolute atomic E-state index is 0.0784. The summed E-state index contributed by atoms with van der Waals surface area (Å²) >= 11 is 5.96. The van der Waals surface area contributed by atoms with E-state index in [-0.39, 0.29) is 22.5 Å². The predicted octanol–water partition coefficient (Wildman–Crippen LogP) is 3.62. The highest BCUT2D eigenvalue weighted by molar-refractivity contribution is 6.32. The number of alkyl halides is 3. The van der Waals surface area contributed by atoms with E-state index in [2.05, 4.69) is 9.72 Å². The topological polar surface area (TPSA) is 68.7 Å². The number of carbonyl (C=O) groups is 2. The summed E-state index contributed by atoms with van der Waals surface area (Å²) in [5.74, 6) is -1.11. The number of amides is 1. The van der Waals surface area contributed by atoms with Gasteiger partial charge in [-0.3, -0.25) is 4.79 Å². The highest BCUT2D eigenvalue weighted by atomic mass is 35.5. The van der Waals surface area contributed by atoms with E-state index in [1.165, 1.54) is 18.1 Å². The van der Waals surface area contributed by atoms with Crippen molar-refractivity contribution in [2.75, 3.05) is 13.7 Å². The summed E-state index contributed by atoms with van der Waals surface area (Å²) in [4.78, 5) is 30.6. The predicted molar refractivity (Wildman–Crippen MR) is 93.1 cm³/mol. The van der Waals surface area contributed by atoms with Crippen molar-refractivity contribution >= 4 is 23.5 Å². The first-order valence-electron chi connectivity index (χ1n) is 8.97. The molecule has 0 spiro atoms. The van der Waals surface area contributed by atoms with Crippen LogP contribution < -0.4 is 4.74 Å². The van der Waals surface area contributed by atoms with Gasteiger partial charge in [0, 0.05) is 12.2 Å². The van der Waals surface area contributed by atoms with E-state index < -0.39 is 36.6 Å². The van der Waals surface area contributed by atoms with Gasteiger partial charge in [0.05, 0.1) is 12.7 Å². The average Bonchev–Trinajstić information content (AvgIpc) is 3.04. The minimum atomic E-state index is -4.53. The lowest BCUT2D eigenvalue weighted by atomic mass is 9.84. The zero-order valence-electron chi connectivity index (χ0n) is 15.2. The van der Waals surface area contributed by atoms with E-state index in [0.29, 0.717) is 6.42 Å². The van der Waals surface area contributed by atoms with Crippen LogP contribution in [0, 0.1) is 5.92 Å². The summed E-state index contributed by atoms with van der Waals surface area (Å²) in [6.07, 6.45) is 0.862. The maximum atomic E-state index is 13.1. The van der Waals surface area contributed by atoms with Gasteiger partial charge in [-0.25, -0.2) is 9.78 Å². The molecule has 1 aliphatic carbocycles. The molecule has 154 valence electrons. The number of fused-ring (bicyclic) bond motifs is 1. The van der Waals surface area contributed by atoms with Gasteiger partial charge in [-0.2, -0.15) is 13.2 Å². The smallest absolute Gasteiger partial charge is 0.422 e. The average molecular weight is 421 g/mol. The Morgan fingerprint density at radius 2 is 2.04 bits per heavy atom. The maximum absolute atomic E-state index is 13.1. The van der Waals surface area contributed by atoms with Gasteiger partial charge in [-0.15, -0.1) is 0 Å². The first-order chi connectivity index (χ1) is 13.2. The van der Waals surface area contributed by atoms with Gasteiger partial charge in [0.2, 0.25) is 5.88 Å². The SMILES string of the molecule is COC(=O)C1CC2CCCCC2N1C(=O)c1cnc(OCC(F)(F)F)c(Cl)c1. The highest BCUT2D eigenvalue weighted by Crippen LogP contribution is 2.41. The summed E-state index contributed by atoms with van der Waals surface area (Å²) < 4.78 is 46.3. The van der Waals surface area contributed by atoms with Gasteiger partial charge in [0.25, 0.3) is 5.91 Å². The second kappa shape index (κ2) is 8.14. The number of methoxy groups -OCH3 is 1. The molecule has 1 aromatic heterocycles. The van der Waals surface area contributed by atoms with Crippen molar-refractivity contribution in [3.63, 3.8) is 0 Å². The summed E-state index contributed by atoms with van der Waals surface area (Å²) in [6.45, 7) is -1.53. The van der Waals surface area contributed by atoms with Gasteiger partial charge in [0.1, 0.15) is 11.1 Å². The largest absolute Gasteiger partial charge is 0.467 e. The van der Waals surface area contributed by atoms with Crippen molar-refractivity contribution in [2.24, 2.45) is 5.92 Å². The lowest BCUT2D eigenvalue weighted by Gasteiger charge is -2.33. The van der Waals surface area contributed by atoms with Crippen LogP contribution in [-0.2, 0) is 9.53 Å². The Bertz CT molecular complexity index is 759. The first kappa shape index (κ1) is 20.7. The Balaban J connectivity index is 1.82. The maximum Gasteiger partial charge on any atom is 0.422 e. The lowest BCUT2D eigenvalue weighted by Crippen LogP contribution is -2.46. The number of hydrogen-bond acceptors (Lipinski definition) is 5. The Labute approximate surface area is 164 Å². The van der Waals surface area contributed by atoms with Crippen LogP contribution in [0.15, 0.2) is 12.3 Å². The standard InChI is InChI=1S/C18H20ClF3N2O4/c1-27-17(26)14-7-10-4-2-3-5-13(10)24(14)16(25)11-6-12(19)15(23-8-11)28-9-18(20,21)22/h6,8,10,13-14H,2-5,7,9H2,1H3. The molecular formula is C18H20ClF3N2O4. The van der Waals surface area contributed by atoms with Gasteiger partial charge in [-0.1, -0.05) is 24.4 Å². The summed E-state index contributed by atoms with van der Waals surface area (Å²) in [5.41, 5.74) is 0.0875. The molecule has 0 aromatic carbocycles. The van der Waals surface area contributed by atoms with Crippen LogP contribution in [0.3, 0.4) is 0 Å². The third-order valence-corrected chi connectivity index (χ3v) is 5.49. The van der Waals surface area contributed by atoms with E-state index in [0.717, 1.165) is 31.9 Å². The van der Waals surface area contributed by atoms with Crippen LogP contribution in [0.4, 0.5) is 13.2 Å². The number of carbonyl (C=O) groups excluding carboxylic acids is 2. The summed E-state index contributed by atoms with van der Waals surface area (Å²) in [5, 5.41) is -0.205. The molecule has 2 aliphatic rings. The fourth-order valence-corrected chi connectivity index (χ4v) is 4.27. The van der Waals surface area contributed by atoms with Crippen LogP contribution in [0.25, 0.3) is 0 Å². The van der Waals surface area contributed by atoms with Crippen molar-refractivity contribution in [3.05, 3.63) is 22.8 Å². The van der Waals surface area contributed by atoms with Crippen LogP contribution in [0.5, 0.6) is 5.88 Å². The number of esters is 1. The lowest BCUT2D eigenvalue weighted by molar-refractivity contribution is -0.154. The number of hydrogen-bond donors (Lipinski definition) is 0. The fourth-order valence-electron chi connectivity index (χ4n) is 4.05. The zero-order valence-corrected chi connectivity index (χ0v) is 15.9. The molecule has 0 N–H and O–H groups in total. The third kappa shape index (κ3) is 4.34. The molecule has 1 aliphatic heterocycles. The molecule has 3 unspecified atom stereocenters. The van der Waals surface area contributed by atoms with E-state index >= 15 is 0 Å².